The number of hydrogen-bond donors (Lipinski definition) is 0. The number of nitrogens with zero attached hydrogens (tertiary/aromatic N) is 2. The van der Waals surface area contributed by atoms with E-state index < -0.39 is 10.0 Å². The maximum Gasteiger partial charge on any atom is 0.243 e. The molecule has 4 nitrogen and oxygen atoms in total. The van der Waals surface area contributed by atoms with E-state index >= 15 is 0 Å². The van der Waals surface area contributed by atoms with Crippen LogP contribution in [0, 0.1) is 0 Å². The molecule has 1 fully saturated rings. The molecule has 1 aromatic rings. The van der Waals surface area contributed by atoms with Gasteiger partial charge in [0.15, 0.2) is 0 Å². The van der Waals surface area contributed by atoms with Gasteiger partial charge in [-0.05, 0) is 50.7 Å². The van der Waals surface area contributed by atoms with Crippen molar-refractivity contribution in [2.75, 3.05) is 27.2 Å². The van der Waals surface area contributed by atoms with Crippen molar-refractivity contribution >= 4 is 33.2 Å². The quantitative estimate of drug-likeness (QED) is 0.784. The van der Waals surface area contributed by atoms with E-state index in [1.54, 1.807) is 19.2 Å². The molecule has 2 rings (SSSR count). The Hall–Kier alpha value is -0.330. The summed E-state index contributed by atoms with van der Waals surface area (Å²) in [6, 6.07) is 4.77. The summed E-state index contributed by atoms with van der Waals surface area (Å²) in [6.07, 6.45) is 1.69. The van der Waals surface area contributed by atoms with Crippen LogP contribution in [0.15, 0.2) is 23.1 Å². The number of hydrogen-bond acceptors (Lipinski definition) is 3. The van der Waals surface area contributed by atoms with Gasteiger partial charge in [-0.25, -0.2) is 8.42 Å². The highest BCUT2D eigenvalue weighted by atomic mass is 35.5. The monoisotopic (exact) mass is 350 g/mol. The molecule has 1 aliphatic rings. The van der Waals surface area contributed by atoms with Crippen LogP contribution >= 0.6 is 23.2 Å². The summed E-state index contributed by atoms with van der Waals surface area (Å²) in [5.41, 5.74) is 0.735. The fourth-order valence-electron chi connectivity index (χ4n) is 2.52. The molecule has 1 heterocycles. The molecule has 0 aliphatic carbocycles. The molecule has 7 heteroatoms. The van der Waals surface area contributed by atoms with Crippen LogP contribution < -0.4 is 0 Å². The van der Waals surface area contributed by atoms with E-state index in [9.17, 15) is 8.42 Å². The molecule has 118 valence electrons. The van der Waals surface area contributed by atoms with Gasteiger partial charge in [0.25, 0.3) is 0 Å². The lowest BCUT2D eigenvalue weighted by Gasteiger charge is -2.34. The minimum absolute atomic E-state index is 0.0395. The van der Waals surface area contributed by atoms with Crippen LogP contribution in [0.1, 0.15) is 18.4 Å². The molecule has 0 unspecified atom stereocenters. The fraction of sp³-hybridized carbons (Fsp3) is 0.571. The maximum absolute atomic E-state index is 12.7. The first-order chi connectivity index (χ1) is 9.86. The summed E-state index contributed by atoms with van der Waals surface area (Å²) >= 11 is 11.8. The Kier molecular flexibility index (Phi) is 5.54. The molecule has 0 radical (unpaired) electrons. The average Bonchev–Trinajstić information content (AvgIpc) is 2.47. The molecule has 0 spiro atoms. The molecule has 1 aliphatic heterocycles. The van der Waals surface area contributed by atoms with E-state index in [0.717, 1.165) is 31.5 Å². The zero-order valence-electron chi connectivity index (χ0n) is 12.2. The number of benzene rings is 1. The highest BCUT2D eigenvalue weighted by molar-refractivity contribution is 7.89. The van der Waals surface area contributed by atoms with Crippen molar-refractivity contribution in [1.29, 1.82) is 0 Å². The number of rotatable bonds is 4. The van der Waals surface area contributed by atoms with Gasteiger partial charge in [0.05, 0.1) is 4.90 Å². The summed E-state index contributed by atoms with van der Waals surface area (Å²) in [5.74, 6) is 0.268. The van der Waals surface area contributed by atoms with E-state index in [-0.39, 0.29) is 16.8 Å². The van der Waals surface area contributed by atoms with Gasteiger partial charge in [0.1, 0.15) is 0 Å². The zero-order chi connectivity index (χ0) is 15.6. The molecule has 0 N–H and O–H groups in total. The molecule has 21 heavy (non-hydrogen) atoms. The third kappa shape index (κ3) is 3.71. The van der Waals surface area contributed by atoms with Crippen LogP contribution in [0.2, 0.25) is 5.02 Å². The van der Waals surface area contributed by atoms with Gasteiger partial charge in [0, 0.05) is 24.0 Å². The first-order valence-corrected chi connectivity index (χ1v) is 9.22. The van der Waals surface area contributed by atoms with Crippen LogP contribution in [0.4, 0.5) is 0 Å². The summed E-state index contributed by atoms with van der Waals surface area (Å²) in [7, 11) is 0.182. The Morgan fingerprint density at radius 2 is 1.95 bits per heavy atom. The van der Waals surface area contributed by atoms with Gasteiger partial charge in [-0.1, -0.05) is 17.7 Å². The molecule has 1 aromatic carbocycles. The average molecular weight is 351 g/mol. The second kappa shape index (κ2) is 6.84. The Morgan fingerprint density at radius 3 is 2.48 bits per heavy atom. The summed E-state index contributed by atoms with van der Waals surface area (Å²) in [5, 5.41) is 0.392. The van der Waals surface area contributed by atoms with Crippen molar-refractivity contribution in [2.45, 2.75) is 29.7 Å². The van der Waals surface area contributed by atoms with Crippen molar-refractivity contribution in [2.24, 2.45) is 0 Å². The molecule has 0 atom stereocenters. The second-order valence-electron chi connectivity index (χ2n) is 5.44. The lowest BCUT2D eigenvalue weighted by molar-refractivity contribution is 0.197. The summed E-state index contributed by atoms with van der Waals surface area (Å²) in [4.78, 5) is 2.44. The highest BCUT2D eigenvalue weighted by Crippen LogP contribution is 2.26. The minimum atomic E-state index is -3.52. The number of alkyl halides is 1. The predicted octanol–water partition coefficient (Wildman–Crippen LogP) is 2.79. The number of piperidine rings is 1. The van der Waals surface area contributed by atoms with E-state index in [1.165, 1.54) is 10.4 Å². The smallest absolute Gasteiger partial charge is 0.243 e. The SMILES string of the molecule is CN1CCC(N(C)S(=O)(=O)c2ccc(CCl)c(Cl)c2)CC1. The van der Waals surface area contributed by atoms with Gasteiger partial charge in [-0.15, -0.1) is 11.6 Å². The van der Waals surface area contributed by atoms with Crippen LogP contribution in [-0.4, -0.2) is 50.8 Å². The Balaban J connectivity index is 2.22. The molecular weight excluding hydrogens is 331 g/mol. The van der Waals surface area contributed by atoms with Crippen LogP contribution in [-0.2, 0) is 15.9 Å². The Bertz CT molecular complexity index is 599. The van der Waals surface area contributed by atoms with Gasteiger partial charge in [-0.3, -0.25) is 0 Å². The van der Waals surface area contributed by atoms with Crippen molar-refractivity contribution in [3.8, 4) is 0 Å². The summed E-state index contributed by atoms with van der Waals surface area (Å²) < 4.78 is 26.8. The third-order valence-corrected chi connectivity index (χ3v) is 6.59. The standard InChI is InChI=1S/C14H20Cl2N2O2S/c1-17-7-5-12(6-8-17)18(2)21(19,20)13-4-3-11(10-15)14(16)9-13/h3-4,9,12H,5-8,10H2,1-2H3. The van der Waals surface area contributed by atoms with Crippen molar-refractivity contribution in [3.05, 3.63) is 28.8 Å². The zero-order valence-corrected chi connectivity index (χ0v) is 14.5. The Morgan fingerprint density at radius 1 is 1.33 bits per heavy atom. The van der Waals surface area contributed by atoms with E-state index in [1.807, 2.05) is 0 Å². The van der Waals surface area contributed by atoms with Crippen LogP contribution in [0.5, 0.6) is 0 Å². The highest BCUT2D eigenvalue weighted by Gasteiger charge is 2.30. The lowest BCUT2D eigenvalue weighted by Crippen LogP contribution is -2.44. The number of sulfonamides is 1. The molecular formula is C14H20Cl2N2O2S. The molecule has 0 amide bonds. The summed E-state index contributed by atoms with van der Waals surface area (Å²) in [6.45, 7) is 1.83. The number of halogens is 2. The minimum Gasteiger partial charge on any atom is -0.306 e. The topological polar surface area (TPSA) is 40.6 Å². The lowest BCUT2D eigenvalue weighted by atomic mass is 10.1. The van der Waals surface area contributed by atoms with E-state index in [4.69, 9.17) is 23.2 Å². The van der Waals surface area contributed by atoms with Gasteiger partial charge < -0.3 is 4.90 Å². The molecule has 0 bridgehead atoms. The van der Waals surface area contributed by atoms with Gasteiger partial charge in [0.2, 0.25) is 10.0 Å². The first-order valence-electron chi connectivity index (χ1n) is 6.87. The molecule has 0 aromatic heterocycles. The van der Waals surface area contributed by atoms with Crippen LogP contribution in [0.3, 0.4) is 0 Å². The van der Waals surface area contributed by atoms with E-state index in [0.29, 0.717) is 5.02 Å². The molecule has 1 saturated heterocycles. The van der Waals surface area contributed by atoms with Crippen LogP contribution in [0.25, 0.3) is 0 Å². The van der Waals surface area contributed by atoms with Gasteiger partial charge >= 0.3 is 0 Å². The van der Waals surface area contributed by atoms with E-state index in [2.05, 4.69) is 11.9 Å². The Labute approximate surface area is 136 Å². The normalized spacial score (nSPS) is 18.3. The first kappa shape index (κ1) is 17.0. The largest absolute Gasteiger partial charge is 0.306 e. The third-order valence-electron chi connectivity index (χ3n) is 4.05. The van der Waals surface area contributed by atoms with Crippen molar-refractivity contribution < 1.29 is 8.42 Å². The van der Waals surface area contributed by atoms with Crippen molar-refractivity contribution in [1.82, 2.24) is 9.21 Å². The van der Waals surface area contributed by atoms with Crippen molar-refractivity contribution in [3.63, 3.8) is 0 Å². The maximum atomic E-state index is 12.7. The fourth-order valence-corrected chi connectivity index (χ4v) is 4.57. The van der Waals surface area contributed by atoms with Gasteiger partial charge in [-0.2, -0.15) is 4.31 Å². The number of likely N-dealkylation sites (tertiary alicyclic amines) is 1. The second-order valence-corrected chi connectivity index (χ2v) is 8.11. The predicted molar refractivity (Wildman–Crippen MR) is 86.5 cm³/mol. The molecule has 0 saturated carbocycles.